The first kappa shape index (κ1) is 67.0. The number of aryl methyl sites for hydroxylation is 2. The number of nitrogens with zero attached hydrogens (tertiary/aromatic N) is 3. The summed E-state index contributed by atoms with van der Waals surface area (Å²) in [5.74, 6) is -2.89. The Labute approximate surface area is 514 Å². The van der Waals surface area contributed by atoms with Gasteiger partial charge in [0.25, 0.3) is 0 Å². The maximum Gasteiger partial charge on any atom is 0.737 e. The molecule has 0 unspecified atom stereocenters. The molecule has 8 amide bonds. The molecule has 0 spiro atoms. The highest BCUT2D eigenvalue weighted by Crippen LogP contribution is 2.35. The van der Waals surface area contributed by atoms with Crippen molar-refractivity contribution in [3.63, 3.8) is 0 Å². The topological polar surface area (TPSA) is 267 Å². The van der Waals surface area contributed by atoms with Gasteiger partial charge in [0.1, 0.15) is 41.7 Å². The zero-order chi connectivity index (χ0) is 63.2. The highest BCUT2D eigenvalue weighted by molar-refractivity contribution is 6.58. The lowest BCUT2D eigenvalue weighted by molar-refractivity contribution is -0.362. The van der Waals surface area contributed by atoms with Crippen LogP contribution >= 0.6 is 0 Å². The van der Waals surface area contributed by atoms with E-state index in [9.17, 15) is 38.4 Å². The van der Waals surface area contributed by atoms with Crippen LogP contribution in [0, 0.1) is 13.8 Å². The van der Waals surface area contributed by atoms with Crippen LogP contribution in [-0.4, -0.2) is 143 Å². The molecular formula is C65H86BF2N11O9. The van der Waals surface area contributed by atoms with Gasteiger partial charge in [-0.15, -0.1) is 0 Å². The van der Waals surface area contributed by atoms with Gasteiger partial charge < -0.3 is 70.2 Å². The number of primary amides is 1. The number of nitrogens with two attached hydrogens (primary N) is 1. The lowest BCUT2D eigenvalue weighted by Crippen LogP contribution is -2.56. The molecule has 9 N–H and O–H groups in total. The van der Waals surface area contributed by atoms with Gasteiger partial charge in [-0.2, -0.15) is 0 Å². The number of allylic oxidation sites excluding steroid dienone is 2. The van der Waals surface area contributed by atoms with E-state index in [0.29, 0.717) is 74.5 Å². The Kier molecular flexibility index (Phi) is 25.2. The maximum absolute atomic E-state index is 15.7. The molecule has 0 radical (unpaired) electrons. The second-order valence-electron chi connectivity index (χ2n) is 23.1. The third kappa shape index (κ3) is 20.0. The largest absolute Gasteiger partial charge is 0.737 e. The number of likely N-dealkylation sites (tertiary alicyclic amines) is 1. The van der Waals surface area contributed by atoms with E-state index in [2.05, 4.69) is 60.3 Å². The van der Waals surface area contributed by atoms with E-state index in [1.165, 1.54) is 19.4 Å². The molecule has 3 aliphatic rings. The number of benzene rings is 3. The summed E-state index contributed by atoms with van der Waals surface area (Å²) in [6.45, 7) is 4.95. The van der Waals surface area contributed by atoms with Crippen LogP contribution < -0.4 is 47.7 Å². The first-order valence-electron chi connectivity index (χ1n) is 30.9. The van der Waals surface area contributed by atoms with Gasteiger partial charge >= 0.3 is 6.97 Å². The third-order valence-electron chi connectivity index (χ3n) is 16.1. The number of fused-ring (bicyclic) bond motifs is 2. The van der Waals surface area contributed by atoms with Crippen molar-refractivity contribution in [3.05, 3.63) is 142 Å². The number of piperidine rings is 1. The molecule has 3 aliphatic heterocycles. The normalized spacial score (nSPS) is 15.7. The molecule has 20 nitrogen and oxygen atoms in total. The number of ether oxygens (including phenoxy) is 1. The zero-order valence-electron chi connectivity index (χ0n) is 51.1. The van der Waals surface area contributed by atoms with E-state index in [1.54, 1.807) is 31.2 Å². The summed E-state index contributed by atoms with van der Waals surface area (Å²) in [6, 6.07) is 25.2. The molecule has 7 rings (SSSR count). The number of para-hydroxylation sites is 1. The van der Waals surface area contributed by atoms with Gasteiger partial charge in [0.2, 0.25) is 47.3 Å². The van der Waals surface area contributed by atoms with E-state index in [-0.39, 0.29) is 75.3 Å². The van der Waals surface area contributed by atoms with E-state index in [1.807, 2.05) is 73.7 Å². The van der Waals surface area contributed by atoms with Crippen LogP contribution in [0.15, 0.2) is 109 Å². The summed E-state index contributed by atoms with van der Waals surface area (Å²) in [5.41, 5.74) is 11.3. The van der Waals surface area contributed by atoms with Crippen molar-refractivity contribution in [2.24, 2.45) is 5.73 Å². The smallest absolute Gasteiger partial charge is 0.490 e. The lowest BCUT2D eigenvalue weighted by atomic mass is 9.90. The molecular weight excluding hydrogens is 1130 g/mol. The Morgan fingerprint density at radius 2 is 1.26 bits per heavy atom. The summed E-state index contributed by atoms with van der Waals surface area (Å²) >= 11 is 0. The van der Waals surface area contributed by atoms with Crippen molar-refractivity contribution < 1.29 is 56.2 Å². The number of amides is 8. The molecule has 0 bridgehead atoms. The predicted octanol–water partition coefficient (Wildman–Crippen LogP) is 5.19. The molecule has 0 saturated carbocycles. The minimum atomic E-state index is -4.09. The van der Waals surface area contributed by atoms with Crippen LogP contribution in [0.2, 0.25) is 0 Å². The molecule has 3 aromatic carbocycles. The molecule has 0 aliphatic carbocycles. The highest BCUT2D eigenvalue weighted by atomic mass is 19.2. The summed E-state index contributed by atoms with van der Waals surface area (Å²) < 4.78 is 40.0. The molecule has 4 heterocycles. The van der Waals surface area contributed by atoms with E-state index in [0.717, 1.165) is 63.8 Å². The quantitative estimate of drug-likeness (QED) is 0.0224. The monoisotopic (exact) mass is 1210 g/mol. The van der Waals surface area contributed by atoms with Crippen molar-refractivity contribution in [1.29, 1.82) is 0 Å². The number of aromatic nitrogens is 1. The Balaban J connectivity index is 0.717. The van der Waals surface area contributed by atoms with Gasteiger partial charge in [0.15, 0.2) is 5.70 Å². The third-order valence-corrected chi connectivity index (χ3v) is 16.1. The van der Waals surface area contributed by atoms with Crippen molar-refractivity contribution in [3.8, 4) is 5.75 Å². The van der Waals surface area contributed by atoms with Crippen LogP contribution in [0.3, 0.4) is 0 Å². The standard InChI is InChI=1S/C65H86BF2N11O9/c1-44-40-45(2)78-56(44)43-52-27-26-51(79(52)66(78,67)68)28-29-59(81)71-34-16-7-12-25-58(80)70-35-17-15-23-54(62(69)84)75-60(82)30-36-72-63(85)46(3)73-64(86)47(4)74-65(87)55(42-49-20-10-6-11-21-49)76-61(83)33-39-77-37-31-53(32-38-77)88-57-24-14-13-22-50(57)41-48-18-8-5-9-19-48/h5-6,8-11,13-14,18-22,24,26-27,40,43,46-47,53-55H,7,12,15-17,23,25,28-39,41-42H2,1-4H3,(H2,69,84)(H,70,80)(H,71,81)(H,72,85)(H,73,86)(H,74,87)(H,75,82)(H,76,83)/t46-,47-,54-,55-/m0/s1. The minimum Gasteiger partial charge on any atom is -0.490 e. The lowest BCUT2D eigenvalue weighted by Gasteiger charge is -2.32. The predicted molar refractivity (Wildman–Crippen MR) is 334 cm³/mol. The van der Waals surface area contributed by atoms with Crippen molar-refractivity contribution in [1.82, 2.24) is 46.6 Å². The van der Waals surface area contributed by atoms with Crippen molar-refractivity contribution in [2.75, 3.05) is 39.3 Å². The van der Waals surface area contributed by atoms with Crippen LogP contribution in [0.5, 0.6) is 5.75 Å². The van der Waals surface area contributed by atoms with Gasteiger partial charge in [0, 0.05) is 108 Å². The molecule has 4 atom stereocenters. The molecule has 23 heteroatoms. The van der Waals surface area contributed by atoms with Gasteiger partial charge in [0.05, 0.1) is 0 Å². The van der Waals surface area contributed by atoms with Gasteiger partial charge in [-0.1, -0.05) is 85.3 Å². The summed E-state index contributed by atoms with van der Waals surface area (Å²) in [7, 11) is 0. The van der Waals surface area contributed by atoms with Gasteiger partial charge in [-0.25, -0.2) is 0 Å². The summed E-state index contributed by atoms with van der Waals surface area (Å²) in [4.78, 5) is 106. The fourth-order valence-electron chi connectivity index (χ4n) is 11.2. The number of carbonyl (C=O) groups excluding carboxylic acids is 8. The maximum atomic E-state index is 15.7. The summed E-state index contributed by atoms with van der Waals surface area (Å²) in [5, 5.41) is 19.0. The number of carbonyl (C=O) groups is 8. The number of rotatable bonds is 34. The molecule has 1 aromatic heterocycles. The highest BCUT2D eigenvalue weighted by Gasteiger charge is 2.52. The average molecular weight is 1210 g/mol. The number of unbranched alkanes of at least 4 members (excludes halogenated alkanes) is 3. The van der Waals surface area contributed by atoms with E-state index < -0.39 is 60.7 Å². The van der Waals surface area contributed by atoms with Gasteiger partial charge in [-0.3, -0.25) is 38.4 Å². The van der Waals surface area contributed by atoms with Crippen molar-refractivity contribution >= 4 is 66.0 Å². The molecule has 472 valence electrons. The zero-order valence-corrected chi connectivity index (χ0v) is 51.1. The second-order valence-corrected chi connectivity index (χ2v) is 23.1. The van der Waals surface area contributed by atoms with Crippen molar-refractivity contribution in [2.45, 2.75) is 154 Å². The van der Waals surface area contributed by atoms with Crippen LogP contribution in [0.4, 0.5) is 8.63 Å². The fourth-order valence-corrected chi connectivity index (χ4v) is 11.2. The Hall–Kier alpha value is -8.47. The number of halogens is 2. The Morgan fingerprint density at radius 3 is 1.97 bits per heavy atom. The molecule has 88 heavy (non-hydrogen) atoms. The average Bonchev–Trinajstić information content (AvgIpc) is 1.71. The van der Waals surface area contributed by atoms with Gasteiger partial charge in [-0.05, 0) is 113 Å². The first-order valence-corrected chi connectivity index (χ1v) is 30.9. The van der Waals surface area contributed by atoms with E-state index in [4.69, 9.17) is 10.5 Å². The SMILES string of the molecule is Cc1cc(C)n2c1C=C1C=CC(CCC(=O)NCCCCCC(=O)NCCCC[C@H](NC(=O)CCNC(=O)[C@H](C)NC(=O)[C@H](C)NC(=O)[C@H](Cc3ccccc3)NC(=O)CCN3CCC(Oc4ccccc4Cc4ccccc4)CC3)C(N)=O)=[N+]1[B-]2(F)F. The molecule has 4 aromatic rings. The van der Waals surface area contributed by atoms with E-state index >= 15 is 8.63 Å². The fraction of sp³-hybridized carbons (Fsp3) is 0.462. The minimum absolute atomic E-state index is 0.0471. The van der Waals surface area contributed by atoms with Crippen LogP contribution in [-0.2, 0) is 51.2 Å². The Morgan fingerprint density at radius 1 is 0.648 bits per heavy atom. The molecule has 1 saturated heterocycles. The molecule has 1 fully saturated rings. The first-order chi connectivity index (χ1) is 42.2. The number of nitrogens with one attached hydrogen (secondary N) is 7. The second kappa shape index (κ2) is 33.0. The van der Waals surface area contributed by atoms with Crippen LogP contribution in [0.1, 0.15) is 131 Å². The number of hydrogen-bond donors (Lipinski definition) is 8. The summed E-state index contributed by atoms with van der Waals surface area (Å²) in [6.07, 6.45) is 11.3. The number of hydrogen-bond acceptors (Lipinski definition) is 10. The van der Waals surface area contributed by atoms with Crippen LogP contribution in [0.25, 0.3) is 6.08 Å². The Bertz CT molecular complexity index is 3180.